The molecule has 0 spiro atoms. The van der Waals surface area contributed by atoms with Crippen molar-refractivity contribution < 1.29 is 19.4 Å². The van der Waals surface area contributed by atoms with Gasteiger partial charge in [-0.25, -0.2) is 4.79 Å². The van der Waals surface area contributed by atoms with Crippen LogP contribution in [0.15, 0.2) is 18.2 Å². The summed E-state index contributed by atoms with van der Waals surface area (Å²) in [7, 11) is 4.43. The number of rotatable bonds is 2. The number of methoxy groups -OCH3 is 1. The van der Waals surface area contributed by atoms with Crippen molar-refractivity contribution in [3.05, 3.63) is 23.8 Å². The summed E-state index contributed by atoms with van der Waals surface area (Å²) >= 11 is 0. The smallest absolute Gasteiger partial charge is 0.327 e. The summed E-state index contributed by atoms with van der Waals surface area (Å²) in [5.74, 6) is -0.0446. The normalized spacial score (nSPS) is 19.6. The molecular weight excluding hydrogens is 236 g/mol. The van der Waals surface area contributed by atoms with Crippen LogP contribution in [0.4, 0.5) is 4.79 Å². The third-order valence-electron chi connectivity index (χ3n) is 3.06. The second-order valence-electron chi connectivity index (χ2n) is 4.12. The molecule has 1 atom stereocenters. The molecule has 1 N–H and O–H groups in total. The summed E-state index contributed by atoms with van der Waals surface area (Å²) in [6.45, 7) is 0. The van der Waals surface area contributed by atoms with Crippen molar-refractivity contribution in [2.24, 2.45) is 0 Å². The number of phenolic OH excluding ortho intramolecular Hbond substituents is 1. The average Bonchev–Trinajstić information content (AvgIpc) is 2.54. The third kappa shape index (κ3) is 1.66. The van der Waals surface area contributed by atoms with Crippen LogP contribution in [0.1, 0.15) is 11.6 Å². The highest BCUT2D eigenvalue weighted by molar-refractivity contribution is 6.04. The molecule has 1 heterocycles. The number of nitrogens with zero attached hydrogens (tertiary/aromatic N) is 2. The highest BCUT2D eigenvalue weighted by Crippen LogP contribution is 2.34. The van der Waals surface area contributed by atoms with Gasteiger partial charge < -0.3 is 14.7 Å². The molecular formula is C12H14N2O4. The highest BCUT2D eigenvalue weighted by Gasteiger charge is 2.41. The van der Waals surface area contributed by atoms with Crippen molar-refractivity contribution >= 4 is 11.9 Å². The minimum absolute atomic E-state index is 0.0572. The molecule has 6 nitrogen and oxygen atoms in total. The van der Waals surface area contributed by atoms with Crippen LogP contribution in [0.3, 0.4) is 0 Å². The number of aromatic hydroxyl groups is 1. The van der Waals surface area contributed by atoms with Gasteiger partial charge in [0.1, 0.15) is 6.04 Å². The number of benzene rings is 1. The number of likely N-dealkylation sites (N-methyl/N-ethyl adjacent to an activating group) is 2. The van der Waals surface area contributed by atoms with Gasteiger partial charge in [-0.2, -0.15) is 0 Å². The molecule has 18 heavy (non-hydrogen) atoms. The van der Waals surface area contributed by atoms with E-state index in [9.17, 15) is 14.7 Å². The summed E-state index contributed by atoms with van der Waals surface area (Å²) < 4.78 is 4.93. The van der Waals surface area contributed by atoms with E-state index >= 15 is 0 Å². The monoisotopic (exact) mass is 250 g/mol. The average molecular weight is 250 g/mol. The second kappa shape index (κ2) is 4.21. The van der Waals surface area contributed by atoms with E-state index in [4.69, 9.17) is 4.74 Å². The Labute approximate surface area is 104 Å². The molecule has 1 aliphatic rings. The Hall–Kier alpha value is -2.24. The van der Waals surface area contributed by atoms with E-state index in [0.717, 1.165) is 4.90 Å². The van der Waals surface area contributed by atoms with E-state index in [1.165, 1.54) is 25.1 Å². The summed E-state index contributed by atoms with van der Waals surface area (Å²) in [5.41, 5.74) is 0.554. The summed E-state index contributed by atoms with van der Waals surface area (Å²) in [5, 5.41) is 9.70. The van der Waals surface area contributed by atoms with Crippen molar-refractivity contribution in [2.75, 3.05) is 21.2 Å². The number of phenols is 1. The first-order valence-corrected chi connectivity index (χ1v) is 5.38. The summed E-state index contributed by atoms with van der Waals surface area (Å²) in [6.07, 6.45) is 0. The molecule has 1 aromatic rings. The first-order chi connectivity index (χ1) is 8.47. The molecule has 2 rings (SSSR count). The SMILES string of the molecule is COc1ccc(C2C(=O)N(C)C(=O)N2C)cc1O. The predicted molar refractivity (Wildman–Crippen MR) is 63.3 cm³/mol. The lowest BCUT2D eigenvalue weighted by Gasteiger charge is -2.17. The first kappa shape index (κ1) is 12.2. The Morgan fingerprint density at radius 1 is 1.28 bits per heavy atom. The number of hydrogen-bond acceptors (Lipinski definition) is 4. The zero-order valence-corrected chi connectivity index (χ0v) is 10.4. The van der Waals surface area contributed by atoms with Gasteiger partial charge in [0.2, 0.25) is 0 Å². The predicted octanol–water partition coefficient (Wildman–Crippen LogP) is 0.966. The first-order valence-electron chi connectivity index (χ1n) is 5.38. The van der Waals surface area contributed by atoms with Crippen molar-refractivity contribution in [3.63, 3.8) is 0 Å². The van der Waals surface area contributed by atoms with Crippen LogP contribution in [0.25, 0.3) is 0 Å². The van der Waals surface area contributed by atoms with Gasteiger partial charge in [-0.1, -0.05) is 6.07 Å². The lowest BCUT2D eigenvalue weighted by molar-refractivity contribution is -0.127. The van der Waals surface area contributed by atoms with Gasteiger partial charge in [0, 0.05) is 14.1 Å². The molecule has 0 radical (unpaired) electrons. The maximum absolute atomic E-state index is 11.9. The number of urea groups is 1. The molecule has 0 aliphatic carbocycles. The van der Waals surface area contributed by atoms with Crippen LogP contribution in [0, 0.1) is 0 Å². The molecule has 1 aromatic carbocycles. The third-order valence-corrected chi connectivity index (χ3v) is 3.06. The molecule has 3 amide bonds. The summed E-state index contributed by atoms with van der Waals surface area (Å²) in [4.78, 5) is 26.0. The molecule has 0 aromatic heterocycles. The van der Waals surface area contributed by atoms with Crippen molar-refractivity contribution in [1.82, 2.24) is 9.80 Å². The number of amides is 3. The Kier molecular flexibility index (Phi) is 2.86. The summed E-state index contributed by atoms with van der Waals surface area (Å²) in [6, 6.07) is 3.60. The second-order valence-corrected chi connectivity index (χ2v) is 4.12. The zero-order chi connectivity index (χ0) is 13.4. The number of carbonyl (C=O) groups is 2. The maximum atomic E-state index is 11.9. The number of carbonyl (C=O) groups excluding carboxylic acids is 2. The van der Waals surface area contributed by atoms with Crippen molar-refractivity contribution in [2.45, 2.75) is 6.04 Å². The fourth-order valence-electron chi connectivity index (χ4n) is 2.03. The van der Waals surface area contributed by atoms with E-state index < -0.39 is 6.04 Å². The molecule has 96 valence electrons. The van der Waals surface area contributed by atoms with Gasteiger partial charge in [0.25, 0.3) is 5.91 Å². The van der Waals surface area contributed by atoms with Gasteiger partial charge in [-0.3, -0.25) is 9.69 Å². The number of hydrogen-bond donors (Lipinski definition) is 1. The van der Waals surface area contributed by atoms with Crippen molar-refractivity contribution in [3.8, 4) is 11.5 Å². The van der Waals surface area contributed by atoms with Gasteiger partial charge >= 0.3 is 6.03 Å². The van der Waals surface area contributed by atoms with Gasteiger partial charge in [0.05, 0.1) is 7.11 Å². The number of imide groups is 1. The molecule has 1 saturated heterocycles. The fourth-order valence-corrected chi connectivity index (χ4v) is 2.03. The highest BCUT2D eigenvalue weighted by atomic mass is 16.5. The Bertz CT molecular complexity index is 515. The molecule has 0 saturated carbocycles. The quantitative estimate of drug-likeness (QED) is 0.794. The van der Waals surface area contributed by atoms with Crippen LogP contribution >= 0.6 is 0 Å². The molecule has 0 bridgehead atoms. The lowest BCUT2D eigenvalue weighted by atomic mass is 10.1. The Morgan fingerprint density at radius 3 is 2.39 bits per heavy atom. The maximum Gasteiger partial charge on any atom is 0.327 e. The minimum Gasteiger partial charge on any atom is -0.504 e. The van der Waals surface area contributed by atoms with Crippen LogP contribution in [-0.2, 0) is 4.79 Å². The van der Waals surface area contributed by atoms with Gasteiger partial charge in [0.15, 0.2) is 11.5 Å². The number of ether oxygens (including phenoxy) is 1. The van der Waals surface area contributed by atoms with Gasteiger partial charge in [-0.15, -0.1) is 0 Å². The van der Waals surface area contributed by atoms with Crippen LogP contribution in [-0.4, -0.2) is 48.0 Å². The van der Waals surface area contributed by atoms with Crippen molar-refractivity contribution in [1.29, 1.82) is 0 Å². The fraction of sp³-hybridized carbons (Fsp3) is 0.333. The van der Waals surface area contributed by atoms with E-state index in [2.05, 4.69) is 0 Å². The van der Waals surface area contributed by atoms with E-state index in [1.54, 1.807) is 19.2 Å². The molecule has 1 unspecified atom stereocenters. The van der Waals surface area contributed by atoms with Gasteiger partial charge in [-0.05, 0) is 17.7 Å². The zero-order valence-electron chi connectivity index (χ0n) is 10.4. The minimum atomic E-state index is -0.695. The Morgan fingerprint density at radius 2 is 1.94 bits per heavy atom. The molecule has 1 aliphatic heterocycles. The van der Waals surface area contributed by atoms with Crippen LogP contribution in [0.5, 0.6) is 11.5 Å². The largest absolute Gasteiger partial charge is 0.504 e. The molecule has 6 heteroatoms. The van der Waals surface area contributed by atoms with E-state index in [1.807, 2.05) is 0 Å². The van der Waals surface area contributed by atoms with E-state index in [0.29, 0.717) is 11.3 Å². The van der Waals surface area contributed by atoms with Crippen LogP contribution < -0.4 is 4.74 Å². The lowest BCUT2D eigenvalue weighted by Crippen LogP contribution is -2.27. The standard InChI is InChI=1S/C12H14N2O4/c1-13-10(11(16)14(2)12(13)17)7-4-5-9(18-3)8(15)6-7/h4-6,10,15H,1-3H3. The van der Waals surface area contributed by atoms with E-state index in [-0.39, 0.29) is 17.7 Å². The van der Waals surface area contributed by atoms with Crippen LogP contribution in [0.2, 0.25) is 0 Å². The topological polar surface area (TPSA) is 70.1 Å². The molecule has 1 fully saturated rings. The Balaban J connectivity index is 2.40.